The first-order valence-corrected chi connectivity index (χ1v) is 12.1. The molecule has 182 valence electrons. The van der Waals surface area contributed by atoms with Crippen LogP contribution in [-0.4, -0.2) is 23.9 Å². The molecule has 0 bridgehead atoms. The van der Waals surface area contributed by atoms with Crippen LogP contribution in [0.25, 0.3) is 0 Å². The number of aliphatic imine (C=N–C) groups is 1. The molecule has 4 rings (SSSR count). The van der Waals surface area contributed by atoms with Crippen molar-refractivity contribution in [1.82, 2.24) is 0 Å². The summed E-state index contributed by atoms with van der Waals surface area (Å²) in [5.41, 5.74) is 2.71. The van der Waals surface area contributed by atoms with Crippen molar-refractivity contribution in [1.29, 1.82) is 0 Å². The van der Waals surface area contributed by atoms with E-state index in [4.69, 9.17) is 19.3 Å². The van der Waals surface area contributed by atoms with E-state index in [1.54, 1.807) is 30.5 Å². The second-order valence-electron chi connectivity index (χ2n) is 7.72. The summed E-state index contributed by atoms with van der Waals surface area (Å²) in [6, 6.07) is 27.5. The van der Waals surface area contributed by atoms with Crippen LogP contribution < -0.4 is 14.2 Å². The molecular formula is C29H24BrNO5. The molecule has 0 aliphatic heterocycles. The monoisotopic (exact) mass is 545 g/mol. The van der Waals surface area contributed by atoms with Gasteiger partial charge in [-0.25, -0.2) is 4.79 Å². The molecule has 0 fully saturated rings. The zero-order valence-electron chi connectivity index (χ0n) is 19.6. The zero-order valence-corrected chi connectivity index (χ0v) is 21.1. The van der Waals surface area contributed by atoms with Crippen molar-refractivity contribution in [2.75, 3.05) is 6.61 Å². The molecular weight excluding hydrogens is 522 g/mol. The lowest BCUT2D eigenvalue weighted by atomic mass is 10.1. The lowest BCUT2D eigenvalue weighted by Gasteiger charge is -2.15. The Morgan fingerprint density at radius 2 is 1.61 bits per heavy atom. The van der Waals surface area contributed by atoms with Gasteiger partial charge in [-0.3, -0.25) is 4.99 Å². The third-order valence-corrected chi connectivity index (χ3v) is 5.68. The average molecular weight is 546 g/mol. The molecule has 0 radical (unpaired) electrons. The topological polar surface area (TPSA) is 77.3 Å². The molecule has 4 aromatic rings. The molecule has 0 amide bonds. The lowest BCUT2D eigenvalue weighted by molar-refractivity contribution is 0.0697. The molecule has 0 saturated carbocycles. The molecule has 7 heteroatoms. The summed E-state index contributed by atoms with van der Waals surface area (Å²) in [5, 5.41) is 9.05. The maximum absolute atomic E-state index is 11.0. The third kappa shape index (κ3) is 6.73. The van der Waals surface area contributed by atoms with E-state index in [2.05, 4.69) is 20.9 Å². The van der Waals surface area contributed by atoms with Crippen molar-refractivity contribution in [3.05, 3.63) is 112 Å². The molecule has 0 unspecified atom stereocenters. The summed E-state index contributed by atoms with van der Waals surface area (Å²) < 4.78 is 18.4. The lowest BCUT2D eigenvalue weighted by Crippen LogP contribution is -2.02. The molecule has 0 spiro atoms. The van der Waals surface area contributed by atoms with E-state index in [1.165, 1.54) is 0 Å². The second-order valence-corrected chi connectivity index (χ2v) is 8.58. The smallest absolute Gasteiger partial charge is 0.335 e. The van der Waals surface area contributed by atoms with E-state index < -0.39 is 5.97 Å². The number of carboxylic acid groups (broad SMARTS) is 1. The minimum absolute atomic E-state index is 0.233. The number of ether oxygens (including phenoxy) is 3. The van der Waals surface area contributed by atoms with Gasteiger partial charge in [0.1, 0.15) is 18.1 Å². The summed E-state index contributed by atoms with van der Waals surface area (Å²) in [7, 11) is 0. The van der Waals surface area contributed by atoms with Crippen molar-refractivity contribution in [3.63, 3.8) is 0 Å². The van der Waals surface area contributed by atoms with Gasteiger partial charge in [0.25, 0.3) is 0 Å². The van der Waals surface area contributed by atoms with Crippen molar-refractivity contribution < 1.29 is 24.1 Å². The highest BCUT2D eigenvalue weighted by Gasteiger charge is 2.13. The van der Waals surface area contributed by atoms with Gasteiger partial charge in [-0.2, -0.15) is 0 Å². The van der Waals surface area contributed by atoms with Crippen LogP contribution in [0.4, 0.5) is 5.69 Å². The number of hydrogen-bond donors (Lipinski definition) is 1. The fraction of sp³-hybridized carbons (Fsp3) is 0.103. The number of benzene rings is 4. The number of carbonyl (C=O) groups is 1. The maximum atomic E-state index is 11.0. The first kappa shape index (κ1) is 25.0. The molecule has 1 N–H and O–H groups in total. The largest absolute Gasteiger partial charge is 0.490 e. The average Bonchev–Trinajstić information content (AvgIpc) is 2.89. The molecule has 4 aromatic carbocycles. The Kier molecular flexibility index (Phi) is 8.36. The Morgan fingerprint density at radius 1 is 0.917 bits per heavy atom. The predicted molar refractivity (Wildman–Crippen MR) is 143 cm³/mol. The third-order valence-electron chi connectivity index (χ3n) is 5.09. The summed E-state index contributed by atoms with van der Waals surface area (Å²) >= 11 is 3.58. The van der Waals surface area contributed by atoms with Crippen molar-refractivity contribution in [2.45, 2.75) is 13.5 Å². The van der Waals surface area contributed by atoms with Crippen molar-refractivity contribution in [3.8, 4) is 23.0 Å². The van der Waals surface area contributed by atoms with Crippen LogP contribution >= 0.6 is 15.9 Å². The van der Waals surface area contributed by atoms with E-state index in [0.717, 1.165) is 32.8 Å². The first-order valence-electron chi connectivity index (χ1n) is 11.3. The number of rotatable bonds is 10. The molecule has 0 aromatic heterocycles. The van der Waals surface area contributed by atoms with Crippen LogP contribution in [0.5, 0.6) is 23.0 Å². The zero-order chi connectivity index (χ0) is 25.3. The number of para-hydroxylation sites is 1. The molecule has 0 atom stereocenters. The minimum Gasteiger partial charge on any atom is -0.490 e. The number of nitrogens with zero attached hydrogens (tertiary/aromatic N) is 1. The Balaban J connectivity index is 1.45. The molecule has 36 heavy (non-hydrogen) atoms. The standard InChI is InChI=1S/C29H24BrNO5/c1-2-34-27-17-21(16-26(30)28(27)35-19-20-8-10-22(11-9-20)29(32)33)18-31-23-12-14-25(15-13-23)36-24-6-4-3-5-7-24/h3-18H,2,19H2,1H3,(H,32,33). The summed E-state index contributed by atoms with van der Waals surface area (Å²) in [4.78, 5) is 15.6. The van der Waals surface area contributed by atoms with Gasteiger partial charge < -0.3 is 19.3 Å². The fourth-order valence-electron chi connectivity index (χ4n) is 3.34. The highest BCUT2D eigenvalue weighted by Crippen LogP contribution is 2.37. The SMILES string of the molecule is CCOc1cc(C=Nc2ccc(Oc3ccccc3)cc2)cc(Br)c1OCc1ccc(C(=O)O)cc1. The first-order chi connectivity index (χ1) is 17.5. The van der Waals surface area contributed by atoms with Gasteiger partial charge in [-0.05, 0) is 94.6 Å². The highest BCUT2D eigenvalue weighted by molar-refractivity contribution is 9.10. The second kappa shape index (κ2) is 12.0. The number of hydrogen-bond acceptors (Lipinski definition) is 5. The molecule has 0 aliphatic carbocycles. The quantitative estimate of drug-likeness (QED) is 0.207. The van der Waals surface area contributed by atoms with Crippen LogP contribution in [0.15, 0.2) is 100 Å². The van der Waals surface area contributed by atoms with Gasteiger partial charge in [-0.1, -0.05) is 30.3 Å². The van der Waals surface area contributed by atoms with Gasteiger partial charge in [-0.15, -0.1) is 0 Å². The molecule has 0 saturated heterocycles. The number of carboxylic acids is 1. The van der Waals surface area contributed by atoms with Gasteiger partial charge in [0, 0.05) is 6.21 Å². The highest BCUT2D eigenvalue weighted by atomic mass is 79.9. The van der Waals surface area contributed by atoms with E-state index in [9.17, 15) is 4.79 Å². The van der Waals surface area contributed by atoms with Gasteiger partial charge in [0.2, 0.25) is 0 Å². The van der Waals surface area contributed by atoms with Gasteiger partial charge in [0.05, 0.1) is 22.3 Å². The summed E-state index contributed by atoms with van der Waals surface area (Å²) in [6.45, 7) is 2.64. The Morgan fingerprint density at radius 3 is 2.28 bits per heavy atom. The molecule has 6 nitrogen and oxygen atoms in total. The molecule has 0 heterocycles. The number of halogens is 1. The van der Waals surface area contributed by atoms with Crippen molar-refractivity contribution >= 4 is 33.8 Å². The van der Waals surface area contributed by atoms with Crippen LogP contribution in [-0.2, 0) is 6.61 Å². The normalized spacial score (nSPS) is 10.8. The van der Waals surface area contributed by atoms with Gasteiger partial charge >= 0.3 is 5.97 Å². The van der Waals surface area contributed by atoms with E-state index >= 15 is 0 Å². The minimum atomic E-state index is -0.961. The van der Waals surface area contributed by atoms with E-state index in [-0.39, 0.29) is 12.2 Å². The maximum Gasteiger partial charge on any atom is 0.335 e. The van der Waals surface area contributed by atoms with E-state index in [0.29, 0.717) is 18.1 Å². The fourth-order valence-corrected chi connectivity index (χ4v) is 3.91. The van der Waals surface area contributed by atoms with Crippen LogP contribution in [0.1, 0.15) is 28.4 Å². The summed E-state index contributed by atoms with van der Waals surface area (Å²) in [5.74, 6) is 1.71. The van der Waals surface area contributed by atoms with Crippen LogP contribution in [0, 0.1) is 0 Å². The number of aromatic carboxylic acids is 1. The van der Waals surface area contributed by atoms with Crippen LogP contribution in [0.2, 0.25) is 0 Å². The Bertz CT molecular complexity index is 1340. The predicted octanol–water partition coefficient (Wildman–Crippen LogP) is 7.67. The van der Waals surface area contributed by atoms with Crippen molar-refractivity contribution in [2.24, 2.45) is 4.99 Å². The van der Waals surface area contributed by atoms with Gasteiger partial charge in [0.15, 0.2) is 11.5 Å². The van der Waals surface area contributed by atoms with E-state index in [1.807, 2.05) is 73.7 Å². The Labute approximate surface area is 217 Å². The summed E-state index contributed by atoms with van der Waals surface area (Å²) in [6.07, 6.45) is 1.76. The Hall–Kier alpha value is -4.10. The molecule has 0 aliphatic rings. The van der Waals surface area contributed by atoms with Crippen LogP contribution in [0.3, 0.4) is 0 Å².